The zero-order valence-electron chi connectivity index (χ0n) is 24.6. The van der Waals surface area contributed by atoms with E-state index in [1.165, 1.54) is 35.2 Å². The third kappa shape index (κ3) is 6.45. The Bertz CT molecular complexity index is 1970. The molecule has 4 atom stereocenters. The molecule has 0 amide bonds. The summed E-state index contributed by atoms with van der Waals surface area (Å²) >= 11 is 0. The Morgan fingerprint density at radius 3 is 1.92 bits per heavy atom. The van der Waals surface area contributed by atoms with Gasteiger partial charge in [-0.15, -0.1) is 10.2 Å². The van der Waals surface area contributed by atoms with Crippen molar-refractivity contribution in [3.8, 4) is 0 Å². The second-order valence-corrected chi connectivity index (χ2v) is 10.1. The fourth-order valence-corrected chi connectivity index (χ4v) is 5.03. The number of esters is 3. The third-order valence-corrected chi connectivity index (χ3v) is 7.19. The van der Waals surface area contributed by atoms with E-state index in [1.54, 1.807) is 66.7 Å². The molecule has 2 aliphatic heterocycles. The molecular formula is C31H22N10O7. The van der Waals surface area contributed by atoms with Crippen molar-refractivity contribution < 1.29 is 33.3 Å². The number of hydrogen-bond acceptors (Lipinski definition) is 11. The van der Waals surface area contributed by atoms with Crippen LogP contribution >= 0.6 is 0 Å². The molecule has 6 rings (SSSR count). The van der Waals surface area contributed by atoms with Gasteiger partial charge in [0.05, 0.1) is 23.0 Å². The van der Waals surface area contributed by atoms with Crippen LogP contribution in [0.5, 0.6) is 0 Å². The molecule has 1 fully saturated rings. The Morgan fingerprint density at radius 2 is 1.35 bits per heavy atom. The second-order valence-electron chi connectivity index (χ2n) is 10.1. The maximum absolute atomic E-state index is 13.5. The summed E-state index contributed by atoms with van der Waals surface area (Å²) in [5, 5.41) is 29.5. The summed E-state index contributed by atoms with van der Waals surface area (Å²) < 4.78 is 25.1. The van der Waals surface area contributed by atoms with Crippen molar-refractivity contribution in [3.63, 3.8) is 0 Å². The summed E-state index contributed by atoms with van der Waals surface area (Å²) in [5.41, 5.74) is 9.69. The zero-order chi connectivity index (χ0) is 33.5. The van der Waals surface area contributed by atoms with Crippen LogP contribution in [0.2, 0.25) is 0 Å². The predicted molar refractivity (Wildman–Crippen MR) is 163 cm³/mol. The summed E-state index contributed by atoms with van der Waals surface area (Å²) in [6, 6.07) is 24.4. The van der Waals surface area contributed by atoms with E-state index in [2.05, 4.69) is 35.7 Å². The molecule has 0 aliphatic carbocycles. The lowest BCUT2D eigenvalue weighted by Gasteiger charge is -2.25. The molecule has 17 nitrogen and oxygen atoms in total. The number of amidine groups is 2. The highest BCUT2D eigenvalue weighted by atomic mass is 16.7. The molecule has 0 spiro atoms. The summed E-state index contributed by atoms with van der Waals surface area (Å²) in [5.74, 6) is -2.74. The van der Waals surface area contributed by atoms with Gasteiger partial charge in [-0.3, -0.25) is 9.79 Å². The van der Waals surface area contributed by atoms with E-state index in [1.807, 2.05) is 0 Å². The maximum atomic E-state index is 13.5. The van der Waals surface area contributed by atoms with E-state index in [0.717, 1.165) is 0 Å². The number of azo groups is 1. The van der Waals surface area contributed by atoms with Gasteiger partial charge in [0.2, 0.25) is 0 Å². The van der Waals surface area contributed by atoms with E-state index < -0.39 is 49.1 Å². The van der Waals surface area contributed by atoms with Crippen molar-refractivity contribution in [3.05, 3.63) is 136 Å². The molecule has 0 unspecified atom stereocenters. The van der Waals surface area contributed by atoms with Crippen LogP contribution in [-0.4, -0.2) is 64.0 Å². The van der Waals surface area contributed by atoms with Gasteiger partial charge in [-0.2, -0.15) is 0 Å². The minimum absolute atomic E-state index is 0.00558. The molecule has 238 valence electrons. The predicted octanol–water partition coefficient (Wildman–Crippen LogP) is 4.75. The molecule has 48 heavy (non-hydrogen) atoms. The number of diazo groups is 1. The monoisotopic (exact) mass is 646 g/mol. The number of imidazole rings is 1. The standard InChI is InChI=1S/C31H22N10O7/c32-39-37-26-22-23(27(36-35-26)38-40-33)41(17-34-22)28-25(48-31(44)20-14-8-3-9-15-20)24(47-30(43)19-12-6-2-7-13-19)21(46-28)16-45-29(42)18-10-4-1-5-11-18/h1-15,17,21,24-25,28H,16H2/b37-26?,38-27-/t21-,24-,25-,28-/m1/s1. The van der Waals surface area contributed by atoms with Crippen LogP contribution in [0.4, 0.5) is 0 Å². The molecule has 4 aromatic rings. The summed E-state index contributed by atoms with van der Waals surface area (Å²) in [6.07, 6.45) is -4.06. The molecule has 2 aliphatic rings. The number of nitrogens with zero attached hydrogens (tertiary/aromatic N) is 10. The van der Waals surface area contributed by atoms with Gasteiger partial charge in [-0.25, -0.2) is 19.4 Å². The molecule has 0 N–H and O–H groups in total. The summed E-state index contributed by atoms with van der Waals surface area (Å²) in [4.78, 5) is 44.1. The molecule has 17 heteroatoms. The molecular weight excluding hydrogens is 624 g/mol. The summed E-state index contributed by atoms with van der Waals surface area (Å²) in [7, 11) is 0. The first kappa shape index (κ1) is 31.2. The fourth-order valence-electron chi connectivity index (χ4n) is 5.03. The highest BCUT2D eigenvalue weighted by Crippen LogP contribution is 2.37. The SMILES string of the molecule is N#[N+]/N=C1\N=NC(=NN=[N-])c2ncn([C@@H]3O[C@H](COC(=O)c4ccccc4)[C@@H](OC(=O)c4ccccc4)[C@H]3OC(=O)c3ccccc3)c21. The Morgan fingerprint density at radius 1 is 0.812 bits per heavy atom. The first-order valence-corrected chi connectivity index (χ1v) is 14.2. The van der Waals surface area contributed by atoms with Crippen LogP contribution in [0.15, 0.2) is 123 Å². The molecule has 1 saturated heterocycles. The minimum Gasteiger partial charge on any atom is -0.459 e. The lowest BCUT2D eigenvalue weighted by molar-refractivity contribution is -0.0622. The third-order valence-electron chi connectivity index (χ3n) is 7.19. The number of carbonyl (C=O) groups excluding carboxylic acids is 3. The van der Waals surface area contributed by atoms with Crippen molar-refractivity contribution in [1.29, 1.82) is 5.39 Å². The average Bonchev–Trinajstić information content (AvgIpc) is 3.71. The molecule has 0 saturated carbocycles. The average molecular weight is 647 g/mol. The minimum atomic E-state index is -1.40. The summed E-state index contributed by atoms with van der Waals surface area (Å²) in [6.45, 7) is -0.435. The smallest absolute Gasteiger partial charge is 0.341 e. The molecule has 1 aromatic heterocycles. The quantitative estimate of drug-likeness (QED) is 0.0804. The van der Waals surface area contributed by atoms with E-state index in [-0.39, 0.29) is 39.7 Å². The number of aromatic nitrogens is 2. The highest BCUT2D eigenvalue weighted by molar-refractivity contribution is 6.13. The van der Waals surface area contributed by atoms with Gasteiger partial charge in [-0.1, -0.05) is 54.6 Å². The van der Waals surface area contributed by atoms with Crippen LogP contribution in [0.3, 0.4) is 0 Å². The largest absolute Gasteiger partial charge is 0.459 e. The lowest BCUT2D eigenvalue weighted by atomic mass is 10.1. The Kier molecular flexibility index (Phi) is 9.16. The van der Waals surface area contributed by atoms with E-state index in [0.29, 0.717) is 0 Å². The van der Waals surface area contributed by atoms with Crippen molar-refractivity contribution in [2.24, 2.45) is 25.7 Å². The lowest BCUT2D eigenvalue weighted by Crippen LogP contribution is -2.41. The van der Waals surface area contributed by atoms with Crippen molar-refractivity contribution >= 4 is 29.6 Å². The normalized spacial score (nSPS) is 21.2. The Hall–Kier alpha value is -6.80. The van der Waals surface area contributed by atoms with Crippen LogP contribution in [0.25, 0.3) is 10.6 Å². The number of carbonyl (C=O) groups is 3. The zero-order valence-corrected chi connectivity index (χ0v) is 24.6. The Labute approximate surface area is 270 Å². The topological polar surface area (TPSA) is 218 Å². The van der Waals surface area contributed by atoms with Gasteiger partial charge in [0.25, 0.3) is 11.2 Å². The van der Waals surface area contributed by atoms with E-state index in [4.69, 9.17) is 24.5 Å². The fraction of sp³-hybridized carbons (Fsp3) is 0.161. The number of benzene rings is 3. The van der Waals surface area contributed by atoms with Gasteiger partial charge in [-0.05, 0) is 36.4 Å². The number of fused-ring (bicyclic) bond motifs is 1. The van der Waals surface area contributed by atoms with Crippen molar-refractivity contribution in [2.75, 3.05) is 6.61 Å². The van der Waals surface area contributed by atoms with Crippen LogP contribution in [0.1, 0.15) is 48.7 Å². The van der Waals surface area contributed by atoms with Crippen molar-refractivity contribution in [2.45, 2.75) is 24.5 Å². The highest BCUT2D eigenvalue weighted by Gasteiger charge is 2.52. The van der Waals surface area contributed by atoms with Crippen molar-refractivity contribution in [1.82, 2.24) is 9.55 Å². The van der Waals surface area contributed by atoms with Gasteiger partial charge < -0.3 is 29.6 Å². The van der Waals surface area contributed by atoms with Crippen LogP contribution in [0, 0.1) is 5.39 Å². The first-order valence-electron chi connectivity index (χ1n) is 14.2. The van der Waals surface area contributed by atoms with E-state index >= 15 is 0 Å². The van der Waals surface area contributed by atoms with Crippen LogP contribution < -0.4 is 0 Å². The second kappa shape index (κ2) is 14.1. The van der Waals surface area contributed by atoms with Gasteiger partial charge >= 0.3 is 23.0 Å². The maximum Gasteiger partial charge on any atom is 0.341 e. The molecule has 0 radical (unpaired) electrons. The molecule has 3 heterocycles. The molecule has 3 aromatic carbocycles. The van der Waals surface area contributed by atoms with Gasteiger partial charge in [0.15, 0.2) is 23.5 Å². The molecule has 0 bridgehead atoms. The number of hydrogen-bond donors (Lipinski definition) is 0. The first-order chi connectivity index (χ1) is 23.5. The van der Waals surface area contributed by atoms with E-state index in [9.17, 15) is 19.8 Å². The van der Waals surface area contributed by atoms with Crippen LogP contribution in [-0.2, 0) is 18.9 Å². The van der Waals surface area contributed by atoms with Gasteiger partial charge in [0.1, 0.15) is 29.9 Å². The Balaban J connectivity index is 1.42. The van der Waals surface area contributed by atoms with Gasteiger partial charge in [0, 0.05) is 0 Å². The number of rotatable bonds is 9. The number of ether oxygens (including phenoxy) is 4.